The van der Waals surface area contributed by atoms with Gasteiger partial charge in [-0.15, -0.1) is 11.3 Å². The minimum atomic E-state index is -0.205. The first-order valence-corrected chi connectivity index (χ1v) is 9.90. The van der Waals surface area contributed by atoms with Gasteiger partial charge in [-0.05, 0) is 24.1 Å². The van der Waals surface area contributed by atoms with Gasteiger partial charge in [-0.3, -0.25) is 4.79 Å². The summed E-state index contributed by atoms with van der Waals surface area (Å²) < 4.78 is 11.1. The predicted octanol–water partition coefficient (Wildman–Crippen LogP) is 2.52. The SMILES string of the molecule is COc1cccc2c1OC[C@H](C(=O)NCCc1csc(-c3ncccn3)n1)C2. The van der Waals surface area contributed by atoms with Crippen molar-refractivity contribution < 1.29 is 14.3 Å². The Balaban J connectivity index is 1.30. The van der Waals surface area contributed by atoms with Crippen LogP contribution in [0.25, 0.3) is 10.8 Å². The van der Waals surface area contributed by atoms with Crippen LogP contribution in [0.5, 0.6) is 11.5 Å². The third-order valence-corrected chi connectivity index (χ3v) is 5.42. The summed E-state index contributed by atoms with van der Waals surface area (Å²) >= 11 is 1.50. The molecule has 1 amide bonds. The molecule has 0 aliphatic carbocycles. The summed E-state index contributed by atoms with van der Waals surface area (Å²) in [6.45, 7) is 0.879. The molecule has 1 aliphatic heterocycles. The standard InChI is InChI=1S/C20H20N4O3S/c1-26-16-5-2-4-13-10-14(11-27-17(13)16)19(25)23-9-6-15-12-28-20(24-15)18-21-7-3-8-22-18/h2-5,7-8,12,14H,6,9-11H2,1H3,(H,23,25)/t14-/m1/s1. The number of amides is 1. The van der Waals surface area contributed by atoms with Crippen LogP contribution in [0, 0.1) is 5.92 Å². The zero-order valence-electron chi connectivity index (χ0n) is 15.4. The Morgan fingerprint density at radius 1 is 1.32 bits per heavy atom. The molecule has 1 aromatic carbocycles. The largest absolute Gasteiger partial charge is 0.493 e. The number of rotatable bonds is 6. The Labute approximate surface area is 166 Å². The Hall–Kier alpha value is -3.00. The Kier molecular flexibility index (Phi) is 5.48. The lowest BCUT2D eigenvalue weighted by Gasteiger charge is -2.25. The summed E-state index contributed by atoms with van der Waals surface area (Å²) in [7, 11) is 1.62. The number of hydrogen-bond donors (Lipinski definition) is 1. The molecule has 1 atom stereocenters. The summed E-state index contributed by atoms with van der Waals surface area (Å²) in [6, 6.07) is 7.52. The van der Waals surface area contributed by atoms with Crippen molar-refractivity contribution in [2.75, 3.05) is 20.3 Å². The Morgan fingerprint density at radius 3 is 3.00 bits per heavy atom. The number of carbonyl (C=O) groups excluding carboxylic acids is 1. The molecule has 0 bridgehead atoms. The molecule has 0 radical (unpaired) electrons. The summed E-state index contributed by atoms with van der Waals surface area (Å²) in [6.07, 6.45) is 4.70. The van der Waals surface area contributed by atoms with Crippen LogP contribution in [-0.2, 0) is 17.6 Å². The van der Waals surface area contributed by atoms with Crippen molar-refractivity contribution in [1.82, 2.24) is 20.3 Å². The fourth-order valence-electron chi connectivity index (χ4n) is 3.12. The van der Waals surface area contributed by atoms with Gasteiger partial charge in [0.1, 0.15) is 6.61 Å². The van der Waals surface area contributed by atoms with Gasteiger partial charge >= 0.3 is 0 Å². The monoisotopic (exact) mass is 396 g/mol. The van der Waals surface area contributed by atoms with E-state index in [1.54, 1.807) is 25.6 Å². The van der Waals surface area contributed by atoms with Crippen LogP contribution in [0.1, 0.15) is 11.3 Å². The summed E-state index contributed by atoms with van der Waals surface area (Å²) in [5.41, 5.74) is 1.92. The number of carbonyl (C=O) groups is 1. The van der Waals surface area contributed by atoms with E-state index < -0.39 is 0 Å². The van der Waals surface area contributed by atoms with E-state index in [1.165, 1.54) is 11.3 Å². The molecule has 7 nitrogen and oxygen atoms in total. The van der Waals surface area contributed by atoms with Gasteiger partial charge in [-0.1, -0.05) is 12.1 Å². The van der Waals surface area contributed by atoms with Gasteiger partial charge in [0, 0.05) is 30.7 Å². The number of ether oxygens (including phenoxy) is 2. The highest BCUT2D eigenvalue weighted by Crippen LogP contribution is 2.36. The lowest BCUT2D eigenvalue weighted by molar-refractivity contribution is -0.126. The Bertz CT molecular complexity index is 961. The Morgan fingerprint density at radius 2 is 2.18 bits per heavy atom. The summed E-state index contributed by atoms with van der Waals surface area (Å²) in [5, 5.41) is 5.75. The highest BCUT2D eigenvalue weighted by molar-refractivity contribution is 7.13. The average molecular weight is 396 g/mol. The molecule has 4 rings (SSSR count). The zero-order valence-corrected chi connectivity index (χ0v) is 16.2. The highest BCUT2D eigenvalue weighted by atomic mass is 32.1. The van der Waals surface area contributed by atoms with Crippen molar-refractivity contribution in [2.24, 2.45) is 5.92 Å². The molecular formula is C20H20N4O3S. The number of benzene rings is 1. The van der Waals surface area contributed by atoms with Crippen LogP contribution < -0.4 is 14.8 Å². The molecule has 28 heavy (non-hydrogen) atoms. The van der Waals surface area contributed by atoms with Crippen LogP contribution >= 0.6 is 11.3 Å². The number of nitrogens with one attached hydrogen (secondary N) is 1. The molecule has 1 aliphatic rings. The summed E-state index contributed by atoms with van der Waals surface area (Å²) in [5.74, 6) is 1.86. The van der Waals surface area contributed by atoms with E-state index in [-0.39, 0.29) is 11.8 Å². The topological polar surface area (TPSA) is 86.2 Å². The van der Waals surface area contributed by atoms with E-state index in [9.17, 15) is 4.79 Å². The van der Waals surface area contributed by atoms with Gasteiger partial charge < -0.3 is 14.8 Å². The second kappa shape index (κ2) is 8.35. The molecule has 144 valence electrons. The second-order valence-corrected chi connectivity index (χ2v) is 7.28. The van der Waals surface area contributed by atoms with Crippen molar-refractivity contribution in [2.45, 2.75) is 12.8 Å². The van der Waals surface area contributed by atoms with Crippen molar-refractivity contribution in [3.05, 3.63) is 53.3 Å². The third-order valence-electron chi connectivity index (χ3n) is 4.54. The maximum absolute atomic E-state index is 12.5. The van der Waals surface area contributed by atoms with Crippen molar-refractivity contribution in [1.29, 1.82) is 0 Å². The first kappa shape index (κ1) is 18.4. The van der Waals surface area contributed by atoms with Crippen LogP contribution in [0.15, 0.2) is 42.0 Å². The molecule has 0 saturated carbocycles. The van der Waals surface area contributed by atoms with Crippen molar-refractivity contribution >= 4 is 17.2 Å². The van der Waals surface area contributed by atoms with E-state index in [4.69, 9.17) is 9.47 Å². The third kappa shape index (κ3) is 3.96. The van der Waals surface area contributed by atoms with Crippen LogP contribution in [0.4, 0.5) is 0 Å². The molecule has 3 heterocycles. The van der Waals surface area contributed by atoms with Gasteiger partial charge in [0.05, 0.1) is 18.7 Å². The van der Waals surface area contributed by atoms with Crippen molar-refractivity contribution in [3.8, 4) is 22.3 Å². The normalized spacial score (nSPS) is 15.4. The number of hydrogen-bond acceptors (Lipinski definition) is 7. The highest BCUT2D eigenvalue weighted by Gasteiger charge is 2.27. The van der Waals surface area contributed by atoms with E-state index in [1.807, 2.05) is 23.6 Å². The van der Waals surface area contributed by atoms with Crippen LogP contribution in [0.2, 0.25) is 0 Å². The summed E-state index contributed by atoms with van der Waals surface area (Å²) in [4.78, 5) is 25.5. The smallest absolute Gasteiger partial charge is 0.226 e. The van der Waals surface area contributed by atoms with E-state index in [2.05, 4.69) is 20.3 Å². The molecule has 1 N–H and O–H groups in total. The predicted molar refractivity (Wildman–Crippen MR) is 106 cm³/mol. The lowest BCUT2D eigenvalue weighted by atomic mass is 9.95. The van der Waals surface area contributed by atoms with Crippen LogP contribution in [-0.4, -0.2) is 41.1 Å². The van der Waals surface area contributed by atoms with E-state index in [0.29, 0.717) is 37.6 Å². The molecule has 0 fully saturated rings. The number of methoxy groups -OCH3 is 1. The quantitative estimate of drug-likeness (QED) is 0.689. The minimum absolute atomic E-state index is 0.00434. The number of fused-ring (bicyclic) bond motifs is 1. The van der Waals surface area contributed by atoms with Crippen molar-refractivity contribution in [3.63, 3.8) is 0 Å². The molecule has 0 unspecified atom stereocenters. The first-order valence-electron chi connectivity index (χ1n) is 9.03. The number of aromatic nitrogens is 3. The van der Waals surface area contributed by atoms with Gasteiger partial charge in [-0.2, -0.15) is 0 Å². The molecule has 3 aromatic rings. The number of thiazole rings is 1. The fraction of sp³-hybridized carbons (Fsp3) is 0.300. The maximum atomic E-state index is 12.5. The fourth-order valence-corrected chi connectivity index (χ4v) is 3.91. The molecule has 8 heteroatoms. The maximum Gasteiger partial charge on any atom is 0.226 e. The van der Waals surface area contributed by atoms with Gasteiger partial charge in [-0.25, -0.2) is 15.0 Å². The van der Waals surface area contributed by atoms with Gasteiger partial charge in [0.15, 0.2) is 22.3 Å². The average Bonchev–Trinajstić information content (AvgIpc) is 3.22. The number of para-hydroxylation sites is 1. The molecular weight excluding hydrogens is 376 g/mol. The molecule has 0 saturated heterocycles. The lowest BCUT2D eigenvalue weighted by Crippen LogP contribution is -2.38. The first-order chi connectivity index (χ1) is 13.7. The van der Waals surface area contributed by atoms with E-state index >= 15 is 0 Å². The zero-order chi connectivity index (χ0) is 19.3. The molecule has 0 spiro atoms. The van der Waals surface area contributed by atoms with E-state index in [0.717, 1.165) is 22.0 Å². The van der Waals surface area contributed by atoms with Crippen LogP contribution in [0.3, 0.4) is 0 Å². The number of nitrogens with zero attached hydrogens (tertiary/aromatic N) is 3. The minimum Gasteiger partial charge on any atom is -0.493 e. The van der Waals surface area contributed by atoms with Gasteiger partial charge in [0.2, 0.25) is 5.91 Å². The second-order valence-electron chi connectivity index (χ2n) is 6.42. The molecule has 2 aromatic heterocycles. The van der Waals surface area contributed by atoms with Gasteiger partial charge in [0.25, 0.3) is 0 Å².